The van der Waals surface area contributed by atoms with Crippen molar-refractivity contribution in [3.05, 3.63) is 29.8 Å². The molecule has 0 spiro atoms. The molecule has 8 nitrogen and oxygen atoms in total. The number of urea groups is 1. The molecule has 0 saturated carbocycles. The average molecular weight is 290 g/mol. The van der Waals surface area contributed by atoms with E-state index in [0.717, 1.165) is 0 Å². The monoisotopic (exact) mass is 290 g/mol. The number of nitriles is 1. The van der Waals surface area contributed by atoms with E-state index in [1.165, 1.54) is 13.0 Å². The molecule has 110 valence electrons. The molecule has 0 fully saturated rings. The second kappa shape index (κ2) is 7.49. The zero-order chi connectivity index (χ0) is 15.8. The fourth-order valence-corrected chi connectivity index (χ4v) is 1.40. The molecular formula is C13H14N4O4. The summed E-state index contributed by atoms with van der Waals surface area (Å²) in [5, 5.41) is 13.3. The zero-order valence-corrected chi connectivity index (χ0v) is 11.3. The van der Waals surface area contributed by atoms with E-state index < -0.39 is 30.6 Å². The van der Waals surface area contributed by atoms with Crippen molar-refractivity contribution in [1.82, 2.24) is 5.32 Å². The normalized spacial score (nSPS) is 10.9. The summed E-state index contributed by atoms with van der Waals surface area (Å²) in [4.78, 5) is 33.5. The fourth-order valence-electron chi connectivity index (χ4n) is 1.40. The number of carbonyl (C=O) groups is 3. The largest absolute Gasteiger partial charge is 0.454 e. The molecule has 0 radical (unpaired) electrons. The summed E-state index contributed by atoms with van der Waals surface area (Å²) in [6, 6.07) is 6.40. The Balaban J connectivity index is 2.45. The molecule has 4 N–H and O–H groups in total. The highest BCUT2D eigenvalue weighted by Gasteiger charge is 2.16. The Morgan fingerprint density at radius 1 is 1.43 bits per heavy atom. The predicted octanol–water partition coefficient (Wildman–Crippen LogP) is 0.0968. The summed E-state index contributed by atoms with van der Waals surface area (Å²) in [7, 11) is 0. The number of nitrogens with one attached hydrogen (secondary N) is 2. The summed E-state index contributed by atoms with van der Waals surface area (Å²) in [6.45, 7) is 0.863. The lowest BCUT2D eigenvalue weighted by Crippen LogP contribution is -2.43. The van der Waals surface area contributed by atoms with Crippen molar-refractivity contribution in [3.63, 3.8) is 0 Å². The lowest BCUT2D eigenvalue weighted by Gasteiger charge is -2.11. The Bertz CT molecular complexity index is 594. The molecule has 8 heteroatoms. The van der Waals surface area contributed by atoms with Crippen molar-refractivity contribution < 1.29 is 19.1 Å². The number of hydrogen-bond acceptors (Lipinski definition) is 5. The van der Waals surface area contributed by atoms with Crippen LogP contribution >= 0.6 is 0 Å². The molecule has 1 aromatic rings. The minimum Gasteiger partial charge on any atom is -0.454 e. The second-order valence-corrected chi connectivity index (χ2v) is 4.08. The molecule has 0 aliphatic carbocycles. The summed E-state index contributed by atoms with van der Waals surface area (Å²) < 4.78 is 4.71. The Hall–Kier alpha value is -3.08. The molecule has 21 heavy (non-hydrogen) atoms. The van der Waals surface area contributed by atoms with Gasteiger partial charge in [-0.3, -0.25) is 4.79 Å². The number of nitrogens with two attached hydrogens (primary N) is 1. The Labute approximate surface area is 120 Å². The maximum atomic E-state index is 11.6. The summed E-state index contributed by atoms with van der Waals surface area (Å²) in [5.41, 5.74) is 5.66. The van der Waals surface area contributed by atoms with Crippen molar-refractivity contribution in [2.24, 2.45) is 5.73 Å². The lowest BCUT2D eigenvalue weighted by atomic mass is 10.2. The molecule has 1 aromatic carbocycles. The van der Waals surface area contributed by atoms with Crippen LogP contribution in [-0.2, 0) is 14.3 Å². The highest BCUT2D eigenvalue weighted by molar-refractivity contribution is 5.93. The highest BCUT2D eigenvalue weighted by Crippen LogP contribution is 2.09. The van der Waals surface area contributed by atoms with Gasteiger partial charge in [-0.1, -0.05) is 6.07 Å². The molecule has 0 unspecified atom stereocenters. The molecule has 0 aliphatic rings. The van der Waals surface area contributed by atoms with Crippen LogP contribution < -0.4 is 16.4 Å². The van der Waals surface area contributed by atoms with Gasteiger partial charge >= 0.3 is 12.0 Å². The summed E-state index contributed by atoms with van der Waals surface area (Å²) in [5.74, 6) is -1.35. The maximum absolute atomic E-state index is 11.6. The van der Waals surface area contributed by atoms with Gasteiger partial charge in [0, 0.05) is 5.69 Å². The van der Waals surface area contributed by atoms with Gasteiger partial charge in [0.2, 0.25) is 0 Å². The molecule has 0 aliphatic heterocycles. The molecule has 1 atom stereocenters. The number of hydrogen-bond donors (Lipinski definition) is 3. The third-order valence-corrected chi connectivity index (χ3v) is 2.33. The lowest BCUT2D eigenvalue weighted by molar-refractivity contribution is -0.148. The molecule has 1 rings (SSSR count). The Kier molecular flexibility index (Phi) is 5.70. The van der Waals surface area contributed by atoms with Crippen LogP contribution in [0.4, 0.5) is 10.5 Å². The molecule has 0 saturated heterocycles. The van der Waals surface area contributed by atoms with Crippen molar-refractivity contribution in [1.29, 1.82) is 5.26 Å². The van der Waals surface area contributed by atoms with Gasteiger partial charge in [-0.2, -0.15) is 5.26 Å². The third kappa shape index (κ3) is 5.61. The summed E-state index contributed by atoms with van der Waals surface area (Å²) in [6.07, 6.45) is 0. The van der Waals surface area contributed by atoms with Gasteiger partial charge in [0.15, 0.2) is 6.61 Å². The van der Waals surface area contributed by atoms with Gasteiger partial charge in [-0.05, 0) is 25.1 Å². The van der Waals surface area contributed by atoms with Crippen LogP contribution in [0.5, 0.6) is 0 Å². The van der Waals surface area contributed by atoms with E-state index in [9.17, 15) is 14.4 Å². The first-order valence-electron chi connectivity index (χ1n) is 5.95. The second-order valence-electron chi connectivity index (χ2n) is 4.08. The van der Waals surface area contributed by atoms with Gasteiger partial charge in [-0.15, -0.1) is 0 Å². The van der Waals surface area contributed by atoms with Crippen molar-refractivity contribution in [3.8, 4) is 6.07 Å². The molecule has 0 heterocycles. The molecule has 0 aromatic heterocycles. The number of amides is 3. The molecular weight excluding hydrogens is 276 g/mol. The first-order valence-corrected chi connectivity index (χ1v) is 5.95. The highest BCUT2D eigenvalue weighted by atomic mass is 16.5. The average Bonchev–Trinajstić information content (AvgIpc) is 2.44. The number of primary amides is 1. The van der Waals surface area contributed by atoms with Crippen LogP contribution in [0, 0.1) is 11.3 Å². The number of ether oxygens (including phenoxy) is 1. The van der Waals surface area contributed by atoms with Crippen molar-refractivity contribution in [2.45, 2.75) is 13.0 Å². The van der Waals surface area contributed by atoms with Gasteiger partial charge in [-0.25, -0.2) is 9.59 Å². The maximum Gasteiger partial charge on any atom is 0.328 e. The minimum atomic E-state index is -0.947. The van der Waals surface area contributed by atoms with Crippen LogP contribution in [-0.4, -0.2) is 30.6 Å². The van der Waals surface area contributed by atoms with Crippen LogP contribution in [0.3, 0.4) is 0 Å². The standard InChI is InChI=1S/C13H14N4O4/c1-8(16-13(15)20)12(19)21-7-11(18)17-10-4-2-3-9(5-10)6-14/h2-5,8H,7H2,1H3,(H,17,18)(H3,15,16,20)/t8-/m1/s1. The first kappa shape index (κ1) is 16.0. The zero-order valence-electron chi connectivity index (χ0n) is 11.3. The minimum absolute atomic E-state index is 0.393. The fraction of sp³-hybridized carbons (Fsp3) is 0.231. The Morgan fingerprint density at radius 3 is 2.76 bits per heavy atom. The molecule has 0 bridgehead atoms. The first-order chi connectivity index (χ1) is 9.92. The third-order valence-electron chi connectivity index (χ3n) is 2.33. The van der Waals surface area contributed by atoms with Crippen molar-refractivity contribution in [2.75, 3.05) is 11.9 Å². The predicted molar refractivity (Wildman–Crippen MR) is 72.9 cm³/mol. The van der Waals surface area contributed by atoms with E-state index in [0.29, 0.717) is 11.3 Å². The van der Waals surface area contributed by atoms with Crippen LogP contribution in [0.25, 0.3) is 0 Å². The number of esters is 1. The SMILES string of the molecule is C[C@@H](NC(N)=O)C(=O)OCC(=O)Nc1cccc(C#N)c1. The number of anilines is 1. The Morgan fingerprint density at radius 2 is 2.14 bits per heavy atom. The van der Waals surface area contributed by atoms with E-state index in [-0.39, 0.29) is 0 Å². The summed E-state index contributed by atoms with van der Waals surface area (Å²) >= 11 is 0. The smallest absolute Gasteiger partial charge is 0.328 e. The van der Waals surface area contributed by atoms with E-state index in [1.54, 1.807) is 18.2 Å². The number of nitrogens with zero attached hydrogens (tertiary/aromatic N) is 1. The van der Waals surface area contributed by atoms with Crippen molar-refractivity contribution >= 4 is 23.6 Å². The van der Waals surface area contributed by atoms with Gasteiger partial charge in [0.1, 0.15) is 6.04 Å². The van der Waals surface area contributed by atoms with E-state index in [1.807, 2.05) is 6.07 Å². The van der Waals surface area contributed by atoms with Crippen LogP contribution in [0.15, 0.2) is 24.3 Å². The van der Waals surface area contributed by atoms with E-state index in [4.69, 9.17) is 15.7 Å². The van der Waals surface area contributed by atoms with E-state index in [2.05, 4.69) is 10.6 Å². The van der Waals surface area contributed by atoms with Crippen LogP contribution in [0.1, 0.15) is 12.5 Å². The van der Waals surface area contributed by atoms with Gasteiger partial charge in [0.05, 0.1) is 11.6 Å². The van der Waals surface area contributed by atoms with Gasteiger partial charge in [0.25, 0.3) is 5.91 Å². The number of rotatable bonds is 5. The van der Waals surface area contributed by atoms with E-state index >= 15 is 0 Å². The quantitative estimate of drug-likeness (QED) is 0.661. The van der Waals surface area contributed by atoms with Crippen LogP contribution in [0.2, 0.25) is 0 Å². The molecule has 3 amide bonds. The number of carbonyl (C=O) groups excluding carboxylic acids is 3. The topological polar surface area (TPSA) is 134 Å². The number of benzene rings is 1. The van der Waals surface area contributed by atoms with Gasteiger partial charge < -0.3 is 21.1 Å².